The summed E-state index contributed by atoms with van der Waals surface area (Å²) in [6.45, 7) is 0.380. The monoisotopic (exact) mass is 522 g/mol. The van der Waals surface area contributed by atoms with E-state index < -0.39 is 10.0 Å². The molecule has 2 heterocycles. The molecule has 1 N–H and O–H groups in total. The van der Waals surface area contributed by atoms with E-state index in [0.29, 0.717) is 28.0 Å². The molecule has 0 bridgehead atoms. The van der Waals surface area contributed by atoms with Gasteiger partial charge >= 0.3 is 0 Å². The fourth-order valence-corrected chi connectivity index (χ4v) is 6.69. The van der Waals surface area contributed by atoms with Gasteiger partial charge in [-0.05, 0) is 47.7 Å². The molecule has 35 heavy (non-hydrogen) atoms. The van der Waals surface area contributed by atoms with Gasteiger partial charge in [0.25, 0.3) is 5.91 Å². The third-order valence-corrected chi connectivity index (χ3v) is 8.39. The second-order valence-corrected chi connectivity index (χ2v) is 11.8. The Morgan fingerprint density at radius 2 is 1.69 bits per heavy atom. The van der Waals surface area contributed by atoms with Gasteiger partial charge in [-0.2, -0.15) is 0 Å². The molecule has 3 aromatic carbocycles. The van der Waals surface area contributed by atoms with Crippen molar-refractivity contribution >= 4 is 61.7 Å². The Bertz CT molecular complexity index is 1470. The number of anilines is 2. The molecule has 0 unspecified atom stereocenters. The highest BCUT2D eigenvalue weighted by Gasteiger charge is 2.39. The van der Waals surface area contributed by atoms with Crippen LogP contribution in [0.5, 0.6) is 0 Å². The molecule has 2 aliphatic heterocycles. The van der Waals surface area contributed by atoms with Crippen molar-refractivity contribution in [3.05, 3.63) is 94.4 Å². The van der Waals surface area contributed by atoms with Crippen molar-refractivity contribution in [2.45, 2.75) is 11.4 Å². The number of nitrogens with zero attached hydrogens (tertiary/aromatic N) is 3. The van der Waals surface area contributed by atoms with Crippen LogP contribution in [0.4, 0.5) is 17.1 Å². The summed E-state index contributed by atoms with van der Waals surface area (Å²) in [4.78, 5) is 23.9. The minimum Gasteiger partial charge on any atom is -0.337 e. The number of hydrogen-bond acceptors (Lipinski definition) is 7. The first-order valence-corrected chi connectivity index (χ1v) is 14.3. The van der Waals surface area contributed by atoms with E-state index in [1.54, 1.807) is 40.9 Å². The zero-order valence-electron chi connectivity index (χ0n) is 19.0. The molecular weight excluding hydrogens is 501 g/mol. The van der Waals surface area contributed by atoms with Crippen LogP contribution in [0.3, 0.4) is 0 Å². The Morgan fingerprint density at radius 1 is 0.943 bits per heavy atom. The van der Waals surface area contributed by atoms with E-state index in [9.17, 15) is 13.2 Å². The molecule has 0 aliphatic carbocycles. The highest BCUT2D eigenvalue weighted by molar-refractivity contribution is 8.19. The number of rotatable bonds is 5. The number of amides is 1. The number of fused-ring (bicyclic) bond motifs is 1. The zero-order chi connectivity index (χ0) is 24.6. The van der Waals surface area contributed by atoms with E-state index in [1.807, 2.05) is 66.5 Å². The zero-order valence-corrected chi connectivity index (χ0v) is 21.5. The van der Waals surface area contributed by atoms with Crippen molar-refractivity contribution in [1.82, 2.24) is 4.90 Å². The van der Waals surface area contributed by atoms with Crippen molar-refractivity contribution in [1.29, 1.82) is 0 Å². The number of carbonyl (C=O) groups excluding carboxylic acids is 1. The maximum absolute atomic E-state index is 13.7. The minimum absolute atomic E-state index is 0.106. The number of hydrogen-bond donors (Lipinski definition) is 1. The molecule has 0 atom stereocenters. The number of sulfonamides is 1. The molecule has 1 amide bonds. The molecule has 2 aliphatic rings. The average molecular weight is 523 g/mol. The molecule has 0 aromatic heterocycles. The van der Waals surface area contributed by atoms with E-state index >= 15 is 0 Å². The van der Waals surface area contributed by atoms with Crippen LogP contribution in [0.15, 0.2) is 98.7 Å². The van der Waals surface area contributed by atoms with Crippen LogP contribution < -0.4 is 9.62 Å². The number of benzene rings is 3. The molecular formula is C25H22N4O3S3. The highest BCUT2D eigenvalue weighted by atomic mass is 32.2. The Kier molecular flexibility index (Phi) is 6.35. The van der Waals surface area contributed by atoms with Crippen molar-refractivity contribution in [2.75, 3.05) is 22.9 Å². The first kappa shape index (κ1) is 23.5. The van der Waals surface area contributed by atoms with Gasteiger partial charge in [0.2, 0.25) is 10.0 Å². The van der Waals surface area contributed by atoms with Gasteiger partial charge in [0, 0.05) is 11.9 Å². The summed E-state index contributed by atoms with van der Waals surface area (Å²) in [6, 6.07) is 24.7. The van der Waals surface area contributed by atoms with E-state index in [-0.39, 0.29) is 5.91 Å². The van der Waals surface area contributed by atoms with Gasteiger partial charge in [-0.1, -0.05) is 60.3 Å². The van der Waals surface area contributed by atoms with Crippen molar-refractivity contribution in [2.24, 2.45) is 4.99 Å². The molecule has 178 valence electrons. The molecule has 1 fully saturated rings. The van der Waals surface area contributed by atoms with Crippen LogP contribution in [0, 0.1) is 0 Å². The molecule has 0 radical (unpaired) electrons. The summed E-state index contributed by atoms with van der Waals surface area (Å²) in [7, 11) is -1.45. The predicted molar refractivity (Wildman–Crippen MR) is 144 cm³/mol. The van der Waals surface area contributed by atoms with Crippen LogP contribution in [0.2, 0.25) is 0 Å². The van der Waals surface area contributed by atoms with Gasteiger partial charge in [0.05, 0.1) is 34.9 Å². The van der Waals surface area contributed by atoms with Crippen LogP contribution >= 0.6 is 23.5 Å². The number of carbonyl (C=O) groups is 1. The summed E-state index contributed by atoms with van der Waals surface area (Å²) in [5.74, 6) is -0.106. The second-order valence-electron chi connectivity index (χ2n) is 8.06. The molecule has 0 saturated carbocycles. The molecule has 3 aromatic rings. The largest absolute Gasteiger partial charge is 0.337 e. The minimum atomic E-state index is -3.42. The summed E-state index contributed by atoms with van der Waals surface area (Å²) in [6.07, 6.45) is 1.10. The number of amidine groups is 1. The lowest BCUT2D eigenvalue weighted by Gasteiger charge is -2.17. The van der Waals surface area contributed by atoms with Gasteiger partial charge < -0.3 is 4.90 Å². The maximum atomic E-state index is 13.7. The fraction of sp³-hybridized carbons (Fsp3) is 0.120. The number of thioether (sulfide) groups is 2. The maximum Gasteiger partial charge on any atom is 0.269 e. The topological polar surface area (TPSA) is 82.1 Å². The summed E-state index contributed by atoms with van der Waals surface area (Å²) < 4.78 is 25.8. The lowest BCUT2D eigenvalue weighted by molar-refractivity contribution is -0.122. The van der Waals surface area contributed by atoms with Crippen LogP contribution in [0.1, 0.15) is 5.56 Å². The third kappa shape index (κ3) is 5.09. The molecule has 0 spiro atoms. The van der Waals surface area contributed by atoms with Gasteiger partial charge in [-0.25, -0.2) is 13.4 Å². The SMILES string of the molecule is CN1/C(=C2/SC(=Nc3cccc(NS(C)(=O)=O)c3)N(Cc3ccccc3)C2=O)Sc2ccccc21. The van der Waals surface area contributed by atoms with E-state index in [0.717, 1.165) is 27.4 Å². The highest BCUT2D eigenvalue weighted by Crippen LogP contribution is 2.50. The Balaban J connectivity index is 1.54. The molecule has 5 rings (SSSR count). The van der Waals surface area contributed by atoms with E-state index in [2.05, 4.69) is 4.72 Å². The quantitative estimate of drug-likeness (QED) is 0.462. The normalized spacial score (nSPS) is 18.9. The molecule has 7 nitrogen and oxygen atoms in total. The molecule has 10 heteroatoms. The van der Waals surface area contributed by atoms with Gasteiger partial charge in [0.1, 0.15) is 4.91 Å². The summed E-state index contributed by atoms with van der Waals surface area (Å²) >= 11 is 2.91. The first-order chi connectivity index (χ1) is 16.8. The number of aliphatic imine (C=N–C) groups is 1. The molecule has 1 saturated heterocycles. The van der Waals surface area contributed by atoms with E-state index in [1.165, 1.54) is 11.8 Å². The smallest absolute Gasteiger partial charge is 0.269 e. The fourth-order valence-electron chi connectivity index (χ4n) is 3.79. The first-order valence-electron chi connectivity index (χ1n) is 10.7. The van der Waals surface area contributed by atoms with Crippen molar-refractivity contribution < 1.29 is 13.2 Å². The Labute approximate surface area is 213 Å². The summed E-state index contributed by atoms with van der Waals surface area (Å²) in [5, 5.41) is 1.42. The number of para-hydroxylation sites is 1. The van der Waals surface area contributed by atoms with Gasteiger partial charge in [0.15, 0.2) is 5.17 Å². The average Bonchev–Trinajstić information content (AvgIpc) is 3.31. The van der Waals surface area contributed by atoms with Crippen LogP contribution in [0.25, 0.3) is 0 Å². The Hall–Kier alpha value is -3.21. The number of nitrogens with one attached hydrogen (secondary N) is 1. The van der Waals surface area contributed by atoms with Gasteiger partial charge in [-0.15, -0.1) is 0 Å². The second kappa shape index (κ2) is 9.44. The third-order valence-electron chi connectivity index (χ3n) is 5.35. The van der Waals surface area contributed by atoms with Crippen molar-refractivity contribution in [3.63, 3.8) is 0 Å². The van der Waals surface area contributed by atoms with Gasteiger partial charge in [-0.3, -0.25) is 14.4 Å². The lowest BCUT2D eigenvalue weighted by atomic mass is 10.2. The standard InChI is InChI=1S/C25H22N4O3S3/c1-28-20-13-6-7-14-21(20)33-24(28)22-23(30)29(16-17-9-4-3-5-10-17)25(34-22)26-18-11-8-12-19(15-18)27-35(2,31)32/h3-15,27H,16H2,1-2H3/b24-22-,26-25?. The van der Waals surface area contributed by atoms with E-state index in [4.69, 9.17) is 4.99 Å². The predicted octanol–water partition coefficient (Wildman–Crippen LogP) is 5.23. The Morgan fingerprint density at radius 3 is 2.43 bits per heavy atom. The summed E-state index contributed by atoms with van der Waals surface area (Å²) in [5.41, 5.74) is 3.02. The van der Waals surface area contributed by atoms with Crippen LogP contribution in [-0.4, -0.2) is 37.7 Å². The van der Waals surface area contributed by atoms with Crippen LogP contribution in [-0.2, 0) is 21.4 Å². The lowest BCUT2D eigenvalue weighted by Crippen LogP contribution is -2.29. The van der Waals surface area contributed by atoms with Crippen molar-refractivity contribution in [3.8, 4) is 0 Å².